The van der Waals surface area contributed by atoms with Crippen LogP contribution < -0.4 is 5.69 Å². The minimum absolute atomic E-state index is 0.0349. The molecule has 0 N–H and O–H groups in total. The second-order valence-electron chi connectivity index (χ2n) is 3.78. The molecule has 0 spiro atoms. The molecule has 1 aromatic heterocycles. The summed E-state index contributed by atoms with van der Waals surface area (Å²) in [5.41, 5.74) is -0.0349. The molecule has 0 aliphatic heterocycles. The fourth-order valence-corrected chi connectivity index (χ4v) is 1.31. The molecule has 0 radical (unpaired) electrons. The number of aromatic nitrogens is 2. The van der Waals surface area contributed by atoms with E-state index in [4.69, 9.17) is 0 Å². The molecule has 0 aliphatic carbocycles. The first-order valence-electron chi connectivity index (χ1n) is 4.94. The van der Waals surface area contributed by atoms with Crippen LogP contribution in [-0.4, -0.2) is 34.0 Å². The third-order valence-corrected chi connectivity index (χ3v) is 2.31. The van der Waals surface area contributed by atoms with E-state index >= 15 is 0 Å². The highest BCUT2D eigenvalue weighted by molar-refractivity contribution is 5.75. The maximum Gasteiger partial charge on any atom is 0.327 e. The molecule has 0 fully saturated rings. The number of aryl methyl sites for hydroxylation is 2. The number of rotatable bonds is 4. The third kappa shape index (κ3) is 2.97. The number of hydrogen-bond acceptors (Lipinski definition) is 2. The number of imidazole rings is 1. The zero-order valence-corrected chi connectivity index (χ0v) is 9.43. The normalized spacial score (nSPS) is 10.3. The Labute approximate surface area is 88.9 Å². The van der Waals surface area contributed by atoms with Crippen molar-refractivity contribution in [2.24, 2.45) is 7.05 Å². The lowest BCUT2D eigenvalue weighted by Gasteiger charge is -2.09. The number of carbonyl (C=O) groups is 1. The highest BCUT2D eigenvalue weighted by Gasteiger charge is 2.04. The van der Waals surface area contributed by atoms with Crippen LogP contribution in [0.2, 0.25) is 0 Å². The largest absolute Gasteiger partial charge is 0.349 e. The van der Waals surface area contributed by atoms with Crippen molar-refractivity contribution >= 4 is 5.91 Å². The molecule has 0 saturated heterocycles. The zero-order chi connectivity index (χ0) is 11.4. The Hall–Kier alpha value is -1.52. The lowest BCUT2D eigenvalue weighted by molar-refractivity contribution is -0.128. The number of nitrogens with zero attached hydrogens (tertiary/aromatic N) is 3. The average molecular weight is 211 g/mol. The Kier molecular flexibility index (Phi) is 3.71. The first-order valence-corrected chi connectivity index (χ1v) is 4.94. The first kappa shape index (κ1) is 11.6. The molecule has 0 atom stereocenters. The van der Waals surface area contributed by atoms with Crippen molar-refractivity contribution < 1.29 is 4.79 Å². The van der Waals surface area contributed by atoms with E-state index in [-0.39, 0.29) is 11.6 Å². The van der Waals surface area contributed by atoms with Crippen LogP contribution in [0.25, 0.3) is 0 Å². The Morgan fingerprint density at radius 3 is 2.53 bits per heavy atom. The fraction of sp³-hybridized carbons (Fsp3) is 0.600. The molecule has 5 nitrogen and oxygen atoms in total. The Morgan fingerprint density at radius 2 is 2.07 bits per heavy atom. The van der Waals surface area contributed by atoms with Gasteiger partial charge < -0.3 is 9.47 Å². The Bertz CT molecular complexity index is 390. The van der Waals surface area contributed by atoms with Crippen molar-refractivity contribution in [2.45, 2.75) is 19.4 Å². The van der Waals surface area contributed by atoms with Crippen molar-refractivity contribution in [3.63, 3.8) is 0 Å². The summed E-state index contributed by atoms with van der Waals surface area (Å²) in [7, 11) is 5.18. The van der Waals surface area contributed by atoms with Crippen LogP contribution in [0, 0.1) is 0 Å². The minimum Gasteiger partial charge on any atom is -0.349 e. The van der Waals surface area contributed by atoms with E-state index in [1.165, 1.54) is 4.57 Å². The van der Waals surface area contributed by atoms with Gasteiger partial charge in [0.25, 0.3) is 0 Å². The van der Waals surface area contributed by atoms with Gasteiger partial charge in [-0.25, -0.2) is 4.79 Å². The van der Waals surface area contributed by atoms with Crippen molar-refractivity contribution in [3.05, 3.63) is 22.9 Å². The summed E-state index contributed by atoms with van der Waals surface area (Å²) >= 11 is 0. The molecule has 1 amide bonds. The zero-order valence-electron chi connectivity index (χ0n) is 9.43. The summed E-state index contributed by atoms with van der Waals surface area (Å²) in [6.45, 7) is 0.596. The summed E-state index contributed by atoms with van der Waals surface area (Å²) in [5.74, 6) is 0.0963. The first-order chi connectivity index (χ1) is 7.02. The molecule has 1 aromatic rings. The van der Waals surface area contributed by atoms with Crippen LogP contribution in [0.1, 0.15) is 12.8 Å². The second kappa shape index (κ2) is 4.82. The second-order valence-corrected chi connectivity index (χ2v) is 3.78. The van der Waals surface area contributed by atoms with E-state index in [2.05, 4.69) is 0 Å². The fourth-order valence-electron chi connectivity index (χ4n) is 1.31. The molecule has 1 rings (SSSR count). The van der Waals surface area contributed by atoms with Crippen LogP contribution in [0.3, 0.4) is 0 Å². The number of carbonyl (C=O) groups excluding carboxylic acids is 1. The Morgan fingerprint density at radius 1 is 1.40 bits per heavy atom. The smallest absolute Gasteiger partial charge is 0.327 e. The monoisotopic (exact) mass is 211 g/mol. The molecular formula is C10H17N3O2. The lowest BCUT2D eigenvalue weighted by atomic mass is 10.3. The van der Waals surface area contributed by atoms with Gasteiger partial charge in [0.1, 0.15) is 0 Å². The average Bonchev–Trinajstić information content (AvgIpc) is 2.49. The number of hydrogen-bond donors (Lipinski definition) is 0. The molecule has 0 aliphatic rings. The van der Waals surface area contributed by atoms with Gasteiger partial charge in [-0.15, -0.1) is 0 Å². The molecule has 0 saturated carbocycles. The van der Waals surface area contributed by atoms with E-state index in [0.717, 1.165) is 0 Å². The highest BCUT2D eigenvalue weighted by atomic mass is 16.2. The molecule has 1 heterocycles. The van der Waals surface area contributed by atoms with Crippen LogP contribution in [0.15, 0.2) is 17.2 Å². The van der Waals surface area contributed by atoms with Gasteiger partial charge in [0, 0.05) is 46.5 Å². The van der Waals surface area contributed by atoms with Crippen molar-refractivity contribution in [2.75, 3.05) is 14.1 Å². The van der Waals surface area contributed by atoms with Crippen molar-refractivity contribution in [3.8, 4) is 0 Å². The molecule has 0 bridgehead atoms. The summed E-state index contributed by atoms with van der Waals surface area (Å²) < 4.78 is 3.14. The number of amides is 1. The maximum atomic E-state index is 11.4. The van der Waals surface area contributed by atoms with E-state index in [0.29, 0.717) is 19.4 Å². The van der Waals surface area contributed by atoms with Gasteiger partial charge in [-0.05, 0) is 6.42 Å². The lowest BCUT2D eigenvalue weighted by Crippen LogP contribution is -2.24. The maximum absolute atomic E-state index is 11.4. The molecule has 15 heavy (non-hydrogen) atoms. The summed E-state index contributed by atoms with van der Waals surface area (Å²) in [4.78, 5) is 24.2. The van der Waals surface area contributed by atoms with Gasteiger partial charge in [-0.2, -0.15) is 0 Å². The molecule has 84 valence electrons. The van der Waals surface area contributed by atoms with Crippen molar-refractivity contribution in [1.82, 2.24) is 14.0 Å². The van der Waals surface area contributed by atoms with Gasteiger partial charge in [0.05, 0.1) is 0 Å². The molecule has 0 aromatic carbocycles. The van der Waals surface area contributed by atoms with E-state index in [1.807, 2.05) is 0 Å². The van der Waals surface area contributed by atoms with E-state index < -0.39 is 0 Å². The summed E-state index contributed by atoms with van der Waals surface area (Å²) in [6.07, 6.45) is 4.63. The highest BCUT2D eigenvalue weighted by Crippen LogP contribution is 1.96. The third-order valence-electron chi connectivity index (χ3n) is 2.31. The SMILES string of the molecule is CN(C)C(=O)CCCn1ccn(C)c1=O. The van der Waals surface area contributed by atoms with E-state index in [9.17, 15) is 9.59 Å². The topological polar surface area (TPSA) is 47.2 Å². The van der Waals surface area contributed by atoms with Gasteiger partial charge in [-0.3, -0.25) is 9.36 Å². The van der Waals surface area contributed by atoms with Crippen molar-refractivity contribution in [1.29, 1.82) is 0 Å². The van der Waals surface area contributed by atoms with Crippen LogP contribution in [0.4, 0.5) is 0 Å². The molecule has 5 heteroatoms. The summed E-state index contributed by atoms with van der Waals surface area (Å²) in [6, 6.07) is 0. The van der Waals surface area contributed by atoms with E-state index in [1.54, 1.807) is 43.0 Å². The minimum atomic E-state index is -0.0349. The van der Waals surface area contributed by atoms with Gasteiger partial charge >= 0.3 is 5.69 Å². The standard InChI is InChI=1S/C10H17N3O2/c1-11(2)9(14)5-4-6-13-8-7-12(3)10(13)15/h7-8H,4-6H2,1-3H3. The van der Waals surface area contributed by atoms with Crippen LogP contribution in [-0.2, 0) is 18.4 Å². The van der Waals surface area contributed by atoms with Gasteiger partial charge in [-0.1, -0.05) is 0 Å². The quantitative estimate of drug-likeness (QED) is 0.706. The van der Waals surface area contributed by atoms with Gasteiger partial charge in [0.2, 0.25) is 5.91 Å². The Balaban J connectivity index is 2.42. The predicted molar refractivity (Wildman–Crippen MR) is 57.6 cm³/mol. The van der Waals surface area contributed by atoms with Crippen LogP contribution in [0.5, 0.6) is 0 Å². The predicted octanol–water partition coefficient (Wildman–Crippen LogP) is 0.0552. The van der Waals surface area contributed by atoms with Crippen LogP contribution >= 0.6 is 0 Å². The summed E-state index contributed by atoms with van der Waals surface area (Å²) in [5, 5.41) is 0. The van der Waals surface area contributed by atoms with Gasteiger partial charge in [0.15, 0.2) is 0 Å². The molecule has 0 unspecified atom stereocenters. The molecular weight excluding hydrogens is 194 g/mol.